The second-order valence-electron chi connectivity index (χ2n) is 6.99. The maximum absolute atomic E-state index is 12.7. The highest BCUT2D eigenvalue weighted by molar-refractivity contribution is 5.84. The summed E-state index contributed by atoms with van der Waals surface area (Å²) in [4.78, 5) is 25.8. The lowest BCUT2D eigenvalue weighted by atomic mass is 9.96. The van der Waals surface area contributed by atoms with E-state index in [0.717, 1.165) is 49.4 Å². The molecule has 0 radical (unpaired) electrons. The third-order valence-electron chi connectivity index (χ3n) is 5.17. The monoisotopic (exact) mass is 336 g/mol. The molecule has 1 atom stereocenters. The van der Waals surface area contributed by atoms with E-state index < -0.39 is 0 Å². The molecule has 1 aliphatic rings. The molecule has 130 valence electrons. The highest BCUT2D eigenvalue weighted by Crippen LogP contribution is 2.26. The van der Waals surface area contributed by atoms with Crippen molar-refractivity contribution in [2.75, 3.05) is 13.1 Å². The standard InChI is InChI=1S/C20H24N4O/c1-14-11-22-20(23-14)16-5-4-10-24(13-16)19(25)9-8-15-12-21-18-7-3-2-6-17(15)18/h2-3,6-7,11-12,16,21H,4-5,8-10,13H2,1H3,(H,22,23)/t16-/m1/s1. The molecular formula is C20H24N4O. The first kappa shape index (κ1) is 15.9. The summed E-state index contributed by atoms with van der Waals surface area (Å²) >= 11 is 0. The molecular weight excluding hydrogens is 312 g/mol. The Morgan fingerprint density at radius 3 is 3.08 bits per heavy atom. The number of para-hydroxylation sites is 1. The fourth-order valence-electron chi connectivity index (χ4n) is 3.81. The molecule has 2 aromatic heterocycles. The molecule has 4 rings (SSSR count). The number of likely N-dealkylation sites (tertiary alicyclic amines) is 1. The Morgan fingerprint density at radius 1 is 1.36 bits per heavy atom. The van der Waals surface area contributed by atoms with Crippen molar-refractivity contribution in [3.05, 3.63) is 53.7 Å². The average Bonchev–Trinajstić information content (AvgIpc) is 3.26. The number of carbonyl (C=O) groups excluding carboxylic acids is 1. The number of aromatic amines is 2. The van der Waals surface area contributed by atoms with Crippen LogP contribution in [0.4, 0.5) is 0 Å². The number of carbonyl (C=O) groups is 1. The zero-order valence-corrected chi connectivity index (χ0v) is 14.6. The number of H-pyrrole nitrogens is 2. The van der Waals surface area contributed by atoms with Gasteiger partial charge in [-0.3, -0.25) is 4.79 Å². The van der Waals surface area contributed by atoms with Crippen molar-refractivity contribution in [2.24, 2.45) is 0 Å². The van der Waals surface area contributed by atoms with Gasteiger partial charge in [-0.25, -0.2) is 4.98 Å². The van der Waals surface area contributed by atoms with Gasteiger partial charge in [0.2, 0.25) is 5.91 Å². The molecule has 1 fully saturated rings. The van der Waals surface area contributed by atoms with Gasteiger partial charge in [0.1, 0.15) is 5.82 Å². The Balaban J connectivity index is 1.39. The first-order chi connectivity index (χ1) is 12.2. The number of rotatable bonds is 4. The summed E-state index contributed by atoms with van der Waals surface area (Å²) in [6.07, 6.45) is 7.38. The Labute approximate surface area is 147 Å². The number of imidazole rings is 1. The lowest BCUT2D eigenvalue weighted by Gasteiger charge is -2.32. The summed E-state index contributed by atoms with van der Waals surface area (Å²) in [5, 5.41) is 1.22. The Morgan fingerprint density at radius 2 is 2.24 bits per heavy atom. The fraction of sp³-hybridized carbons (Fsp3) is 0.400. The molecule has 1 aliphatic heterocycles. The Kier molecular flexibility index (Phi) is 4.30. The molecule has 5 nitrogen and oxygen atoms in total. The first-order valence-electron chi connectivity index (χ1n) is 9.05. The SMILES string of the molecule is Cc1cnc([C@@H]2CCCN(C(=O)CCc3c[nH]c4ccccc34)C2)[nH]1. The van der Waals surface area contributed by atoms with Crippen LogP contribution < -0.4 is 0 Å². The second-order valence-corrected chi connectivity index (χ2v) is 6.99. The Bertz CT molecular complexity index is 879. The molecule has 1 amide bonds. The molecule has 1 saturated heterocycles. The average molecular weight is 336 g/mol. The molecule has 25 heavy (non-hydrogen) atoms. The van der Waals surface area contributed by atoms with Gasteiger partial charge in [0.05, 0.1) is 0 Å². The molecule has 0 aliphatic carbocycles. The van der Waals surface area contributed by atoms with Crippen molar-refractivity contribution in [1.82, 2.24) is 19.9 Å². The van der Waals surface area contributed by atoms with E-state index in [0.29, 0.717) is 12.3 Å². The van der Waals surface area contributed by atoms with Crippen LogP contribution in [0.3, 0.4) is 0 Å². The molecule has 0 spiro atoms. The topological polar surface area (TPSA) is 64.8 Å². The van der Waals surface area contributed by atoms with E-state index in [-0.39, 0.29) is 5.91 Å². The van der Waals surface area contributed by atoms with Crippen LogP contribution in [0.1, 0.15) is 42.3 Å². The first-order valence-corrected chi connectivity index (χ1v) is 9.05. The highest BCUT2D eigenvalue weighted by Gasteiger charge is 2.26. The fourth-order valence-corrected chi connectivity index (χ4v) is 3.81. The minimum atomic E-state index is 0.248. The van der Waals surface area contributed by atoms with Crippen LogP contribution in [-0.4, -0.2) is 38.8 Å². The van der Waals surface area contributed by atoms with E-state index in [9.17, 15) is 4.79 Å². The lowest BCUT2D eigenvalue weighted by Crippen LogP contribution is -2.39. The summed E-state index contributed by atoms with van der Waals surface area (Å²) in [5.74, 6) is 1.60. The Hall–Kier alpha value is -2.56. The van der Waals surface area contributed by atoms with Gasteiger partial charge in [-0.2, -0.15) is 0 Å². The third-order valence-corrected chi connectivity index (χ3v) is 5.17. The van der Waals surface area contributed by atoms with E-state index in [1.54, 1.807) is 0 Å². The molecule has 5 heteroatoms. The van der Waals surface area contributed by atoms with E-state index in [1.165, 1.54) is 10.9 Å². The van der Waals surface area contributed by atoms with Crippen LogP contribution in [0.2, 0.25) is 0 Å². The van der Waals surface area contributed by atoms with E-state index in [1.807, 2.05) is 36.4 Å². The molecule has 3 aromatic rings. The van der Waals surface area contributed by atoms with Crippen LogP contribution in [0.25, 0.3) is 10.9 Å². The number of hydrogen-bond donors (Lipinski definition) is 2. The highest BCUT2D eigenvalue weighted by atomic mass is 16.2. The second kappa shape index (κ2) is 6.75. The third kappa shape index (κ3) is 3.31. The summed E-state index contributed by atoms with van der Waals surface area (Å²) in [5.41, 5.74) is 3.44. The summed E-state index contributed by atoms with van der Waals surface area (Å²) in [7, 11) is 0. The van der Waals surface area contributed by atoms with Crippen LogP contribution in [0.5, 0.6) is 0 Å². The van der Waals surface area contributed by atoms with E-state index >= 15 is 0 Å². The van der Waals surface area contributed by atoms with E-state index in [4.69, 9.17) is 0 Å². The quantitative estimate of drug-likeness (QED) is 0.765. The molecule has 1 aromatic carbocycles. The van der Waals surface area contributed by atoms with Gasteiger partial charge in [0.25, 0.3) is 0 Å². The number of piperidine rings is 1. The van der Waals surface area contributed by atoms with Crippen LogP contribution >= 0.6 is 0 Å². The molecule has 0 bridgehead atoms. The van der Waals surface area contributed by atoms with Gasteiger partial charge in [-0.1, -0.05) is 18.2 Å². The van der Waals surface area contributed by atoms with E-state index in [2.05, 4.69) is 27.1 Å². The largest absolute Gasteiger partial charge is 0.361 e. The van der Waals surface area contributed by atoms with Crippen molar-refractivity contribution in [2.45, 2.75) is 38.5 Å². The number of amides is 1. The van der Waals surface area contributed by atoms with Gasteiger partial charge in [-0.05, 0) is 37.8 Å². The zero-order valence-electron chi connectivity index (χ0n) is 14.6. The molecule has 3 heterocycles. The minimum absolute atomic E-state index is 0.248. The minimum Gasteiger partial charge on any atom is -0.361 e. The number of aryl methyl sites for hydroxylation is 2. The zero-order chi connectivity index (χ0) is 17.2. The van der Waals surface area contributed by atoms with Gasteiger partial charge >= 0.3 is 0 Å². The summed E-state index contributed by atoms with van der Waals surface area (Å²) in [6.45, 7) is 3.66. The molecule has 0 unspecified atom stereocenters. The number of nitrogens with one attached hydrogen (secondary N) is 2. The van der Waals surface area contributed by atoms with Crippen molar-refractivity contribution in [1.29, 1.82) is 0 Å². The van der Waals surface area contributed by atoms with Crippen LogP contribution in [-0.2, 0) is 11.2 Å². The van der Waals surface area contributed by atoms with Crippen molar-refractivity contribution in [3.8, 4) is 0 Å². The smallest absolute Gasteiger partial charge is 0.222 e. The molecule has 2 N–H and O–H groups in total. The maximum Gasteiger partial charge on any atom is 0.222 e. The maximum atomic E-state index is 12.7. The number of hydrogen-bond acceptors (Lipinski definition) is 2. The van der Waals surface area contributed by atoms with Gasteiger partial charge in [0.15, 0.2) is 0 Å². The van der Waals surface area contributed by atoms with Gasteiger partial charge < -0.3 is 14.9 Å². The van der Waals surface area contributed by atoms with Crippen LogP contribution in [0.15, 0.2) is 36.7 Å². The predicted molar refractivity (Wildman–Crippen MR) is 98.5 cm³/mol. The van der Waals surface area contributed by atoms with Crippen molar-refractivity contribution < 1.29 is 4.79 Å². The van der Waals surface area contributed by atoms with Crippen LogP contribution in [0, 0.1) is 6.92 Å². The predicted octanol–water partition coefficient (Wildman–Crippen LogP) is 3.54. The summed E-state index contributed by atoms with van der Waals surface area (Å²) in [6, 6.07) is 8.25. The normalized spacial score (nSPS) is 18.0. The lowest BCUT2D eigenvalue weighted by molar-refractivity contribution is -0.132. The van der Waals surface area contributed by atoms with Crippen molar-refractivity contribution in [3.63, 3.8) is 0 Å². The molecule has 0 saturated carbocycles. The number of aromatic nitrogens is 3. The number of fused-ring (bicyclic) bond motifs is 1. The number of nitrogens with zero attached hydrogens (tertiary/aromatic N) is 2. The number of benzene rings is 1. The van der Waals surface area contributed by atoms with Gasteiger partial charge in [0, 0.05) is 54.4 Å². The summed E-state index contributed by atoms with van der Waals surface area (Å²) < 4.78 is 0. The van der Waals surface area contributed by atoms with Gasteiger partial charge in [-0.15, -0.1) is 0 Å². The van der Waals surface area contributed by atoms with Crippen molar-refractivity contribution >= 4 is 16.8 Å².